The number of halogens is 2. The minimum Gasteiger partial charge on any atom is -0.497 e. The fourth-order valence-corrected chi connectivity index (χ4v) is 3.98. The number of anilines is 1. The number of hydrogen-bond acceptors (Lipinski definition) is 6. The van der Waals surface area contributed by atoms with Crippen LogP contribution in [0, 0.1) is 0 Å². The minimum absolute atomic E-state index is 0.256. The van der Waals surface area contributed by atoms with Crippen LogP contribution in [-0.2, 0) is 9.53 Å². The first-order valence-electron chi connectivity index (χ1n) is 10.4. The Balaban J connectivity index is 1.56. The Bertz CT molecular complexity index is 1420. The zero-order valence-electron chi connectivity index (χ0n) is 18.8. The Morgan fingerprint density at radius 1 is 0.943 bits per heavy atom. The van der Waals surface area contributed by atoms with E-state index in [1.165, 1.54) is 14.2 Å². The smallest absolute Gasteiger partial charge is 0.339 e. The molecule has 0 atom stereocenters. The molecule has 0 saturated heterocycles. The van der Waals surface area contributed by atoms with Crippen LogP contribution in [0.15, 0.2) is 66.7 Å². The van der Waals surface area contributed by atoms with Crippen LogP contribution in [0.25, 0.3) is 22.2 Å². The van der Waals surface area contributed by atoms with Gasteiger partial charge in [-0.05, 0) is 42.5 Å². The van der Waals surface area contributed by atoms with Gasteiger partial charge in [0.15, 0.2) is 6.61 Å². The average Bonchev–Trinajstić information content (AvgIpc) is 2.86. The van der Waals surface area contributed by atoms with Crippen molar-refractivity contribution in [3.05, 3.63) is 82.3 Å². The van der Waals surface area contributed by atoms with Crippen molar-refractivity contribution in [3.63, 3.8) is 0 Å². The predicted octanol–water partition coefficient (Wildman–Crippen LogP) is 6.02. The number of carbonyl (C=O) groups is 2. The van der Waals surface area contributed by atoms with E-state index < -0.39 is 18.5 Å². The van der Waals surface area contributed by atoms with Crippen LogP contribution < -0.4 is 14.8 Å². The van der Waals surface area contributed by atoms with E-state index in [1.54, 1.807) is 60.7 Å². The highest BCUT2D eigenvalue weighted by molar-refractivity contribution is 6.36. The summed E-state index contributed by atoms with van der Waals surface area (Å²) >= 11 is 12.4. The molecule has 0 unspecified atom stereocenters. The van der Waals surface area contributed by atoms with Gasteiger partial charge in [0.2, 0.25) is 0 Å². The number of pyridine rings is 1. The van der Waals surface area contributed by atoms with Crippen molar-refractivity contribution < 1.29 is 23.8 Å². The van der Waals surface area contributed by atoms with E-state index in [0.717, 1.165) is 0 Å². The van der Waals surface area contributed by atoms with E-state index >= 15 is 0 Å². The number of amides is 1. The first kappa shape index (κ1) is 24.3. The fraction of sp³-hybridized carbons (Fsp3) is 0.115. The topological polar surface area (TPSA) is 86.8 Å². The van der Waals surface area contributed by atoms with Gasteiger partial charge in [0.1, 0.15) is 11.5 Å². The summed E-state index contributed by atoms with van der Waals surface area (Å²) in [4.78, 5) is 30.1. The van der Waals surface area contributed by atoms with Gasteiger partial charge in [-0.2, -0.15) is 0 Å². The summed E-state index contributed by atoms with van der Waals surface area (Å²) in [6, 6.07) is 18.7. The molecule has 1 aromatic heterocycles. The van der Waals surface area contributed by atoms with Gasteiger partial charge in [0.25, 0.3) is 5.91 Å². The number of benzene rings is 3. The number of nitrogens with zero attached hydrogens (tertiary/aromatic N) is 1. The summed E-state index contributed by atoms with van der Waals surface area (Å²) in [7, 11) is 3.01. The van der Waals surface area contributed by atoms with Gasteiger partial charge in [0, 0.05) is 22.0 Å². The molecule has 178 valence electrons. The van der Waals surface area contributed by atoms with Gasteiger partial charge < -0.3 is 19.5 Å². The van der Waals surface area contributed by atoms with Crippen molar-refractivity contribution in [2.24, 2.45) is 0 Å². The molecule has 0 spiro atoms. The second kappa shape index (κ2) is 10.6. The minimum atomic E-state index is -0.674. The van der Waals surface area contributed by atoms with Crippen LogP contribution >= 0.6 is 23.2 Å². The van der Waals surface area contributed by atoms with Gasteiger partial charge in [0.05, 0.1) is 41.7 Å². The summed E-state index contributed by atoms with van der Waals surface area (Å²) in [5, 5.41) is 4.14. The monoisotopic (exact) mass is 510 g/mol. The van der Waals surface area contributed by atoms with Crippen molar-refractivity contribution in [3.8, 4) is 22.8 Å². The van der Waals surface area contributed by atoms with E-state index in [2.05, 4.69) is 10.3 Å². The maximum Gasteiger partial charge on any atom is 0.339 e. The van der Waals surface area contributed by atoms with Crippen molar-refractivity contribution in [2.75, 3.05) is 26.1 Å². The van der Waals surface area contributed by atoms with Crippen molar-refractivity contribution in [2.45, 2.75) is 0 Å². The largest absolute Gasteiger partial charge is 0.497 e. The van der Waals surface area contributed by atoms with E-state index in [9.17, 15) is 9.59 Å². The molecule has 0 aliphatic heterocycles. The number of carbonyl (C=O) groups excluding carboxylic acids is 2. The number of ether oxygens (including phenoxy) is 3. The molecule has 3 aromatic carbocycles. The lowest BCUT2D eigenvalue weighted by atomic mass is 10.0. The molecule has 35 heavy (non-hydrogen) atoms. The van der Waals surface area contributed by atoms with E-state index in [4.69, 9.17) is 37.4 Å². The summed E-state index contributed by atoms with van der Waals surface area (Å²) in [6.07, 6.45) is 0. The third-order valence-electron chi connectivity index (χ3n) is 5.16. The van der Waals surface area contributed by atoms with Gasteiger partial charge >= 0.3 is 5.97 Å². The summed E-state index contributed by atoms with van der Waals surface area (Å²) in [6.45, 7) is -0.498. The summed E-state index contributed by atoms with van der Waals surface area (Å²) < 4.78 is 15.8. The third-order valence-corrected chi connectivity index (χ3v) is 5.71. The van der Waals surface area contributed by atoms with E-state index in [-0.39, 0.29) is 5.56 Å². The molecule has 4 rings (SSSR count). The highest BCUT2D eigenvalue weighted by Gasteiger charge is 2.18. The number of aromatic nitrogens is 1. The van der Waals surface area contributed by atoms with Crippen molar-refractivity contribution in [1.29, 1.82) is 0 Å². The molecule has 9 heteroatoms. The van der Waals surface area contributed by atoms with Gasteiger partial charge in [-0.1, -0.05) is 41.4 Å². The van der Waals surface area contributed by atoms with E-state index in [0.29, 0.717) is 49.4 Å². The lowest BCUT2D eigenvalue weighted by Gasteiger charge is -2.13. The zero-order valence-corrected chi connectivity index (χ0v) is 20.3. The third kappa shape index (κ3) is 5.48. The Morgan fingerprint density at radius 2 is 1.74 bits per heavy atom. The highest BCUT2D eigenvalue weighted by atomic mass is 35.5. The lowest BCUT2D eigenvalue weighted by molar-refractivity contribution is -0.119. The number of nitrogens with one attached hydrogen (secondary N) is 1. The SMILES string of the molecule is COc1ccc(NC(=O)COC(=O)c2cc(-c3ccc(Cl)cc3Cl)nc3ccccc23)c(OC)c1. The molecular formula is C26H20Cl2N2O5. The van der Waals surface area contributed by atoms with Crippen LogP contribution in [-0.4, -0.2) is 37.7 Å². The Hall–Kier alpha value is -3.81. The Kier molecular flexibility index (Phi) is 7.39. The molecular weight excluding hydrogens is 491 g/mol. The number of fused-ring (bicyclic) bond motifs is 1. The molecule has 1 amide bonds. The standard InChI is InChI=1S/C26H20Cl2N2O5/c1-33-16-8-10-22(24(12-16)34-2)30-25(31)14-35-26(32)19-13-23(18-9-7-15(27)11-20(18)28)29-21-6-4-3-5-17(19)21/h3-13H,14H2,1-2H3,(H,30,31). The van der Waals surface area contributed by atoms with Crippen molar-refractivity contribution in [1.82, 2.24) is 4.98 Å². The van der Waals surface area contributed by atoms with Crippen LogP contribution in [0.5, 0.6) is 11.5 Å². The highest BCUT2D eigenvalue weighted by Crippen LogP contribution is 2.32. The second-order valence-corrected chi connectivity index (χ2v) is 8.23. The summed E-state index contributed by atoms with van der Waals surface area (Å²) in [5.74, 6) is -0.214. The molecule has 0 bridgehead atoms. The number of para-hydroxylation sites is 1. The number of hydrogen-bond donors (Lipinski definition) is 1. The molecule has 4 aromatic rings. The first-order valence-corrected chi connectivity index (χ1v) is 11.2. The number of rotatable bonds is 7. The molecule has 7 nitrogen and oxygen atoms in total. The van der Waals surface area contributed by atoms with Crippen LogP contribution in [0.4, 0.5) is 5.69 Å². The van der Waals surface area contributed by atoms with Crippen LogP contribution in [0.2, 0.25) is 10.0 Å². The maximum atomic E-state index is 13.0. The second-order valence-electron chi connectivity index (χ2n) is 7.39. The maximum absolute atomic E-state index is 13.0. The Labute approximate surface area is 211 Å². The quantitative estimate of drug-likeness (QED) is 0.306. The van der Waals surface area contributed by atoms with Crippen molar-refractivity contribution >= 4 is 51.7 Å². The Morgan fingerprint density at radius 3 is 2.49 bits per heavy atom. The predicted molar refractivity (Wildman–Crippen MR) is 136 cm³/mol. The molecule has 0 fully saturated rings. The fourth-order valence-electron chi connectivity index (χ4n) is 3.48. The van der Waals surface area contributed by atoms with Crippen LogP contribution in [0.3, 0.4) is 0 Å². The molecule has 1 N–H and O–H groups in total. The molecule has 0 aliphatic carbocycles. The molecule has 0 saturated carbocycles. The zero-order chi connectivity index (χ0) is 24.9. The van der Waals surface area contributed by atoms with Crippen LogP contribution in [0.1, 0.15) is 10.4 Å². The first-order chi connectivity index (χ1) is 16.9. The lowest BCUT2D eigenvalue weighted by Crippen LogP contribution is -2.21. The summed E-state index contributed by atoms with van der Waals surface area (Å²) in [5.41, 5.74) is 2.34. The van der Waals surface area contributed by atoms with E-state index in [1.807, 2.05) is 6.07 Å². The normalized spacial score (nSPS) is 10.6. The van der Waals surface area contributed by atoms with Gasteiger partial charge in [-0.3, -0.25) is 4.79 Å². The molecule has 0 aliphatic rings. The average molecular weight is 511 g/mol. The number of esters is 1. The van der Waals surface area contributed by atoms with Gasteiger partial charge in [-0.15, -0.1) is 0 Å². The molecule has 1 heterocycles. The number of methoxy groups -OCH3 is 2. The van der Waals surface area contributed by atoms with Gasteiger partial charge in [-0.25, -0.2) is 9.78 Å². The molecule has 0 radical (unpaired) electrons.